The van der Waals surface area contributed by atoms with Crippen LogP contribution in [0.15, 0.2) is 24.3 Å². The largest absolute Gasteiger partial charge is 0.497 e. The molecule has 0 heterocycles. The molecule has 1 atom stereocenters. The van der Waals surface area contributed by atoms with Gasteiger partial charge in [0.25, 0.3) is 0 Å². The summed E-state index contributed by atoms with van der Waals surface area (Å²) in [5, 5.41) is 8.92. The molecule has 4 heteroatoms. The predicted octanol–water partition coefficient (Wildman–Crippen LogP) is 2.24. The number of nitrogens with zero attached hydrogens (tertiary/aromatic N) is 1. The number of benzene rings is 1. The predicted molar refractivity (Wildman–Crippen MR) is 70.7 cm³/mol. The molecule has 0 aliphatic heterocycles. The molecule has 0 amide bonds. The molecule has 1 rings (SSSR count). The monoisotopic (exact) mass is 251 g/mol. The van der Waals surface area contributed by atoms with Crippen molar-refractivity contribution in [1.82, 2.24) is 4.90 Å². The number of rotatable bonds is 7. The summed E-state index contributed by atoms with van der Waals surface area (Å²) in [4.78, 5) is 13.0. The smallest absolute Gasteiger partial charge is 0.307 e. The van der Waals surface area contributed by atoms with Crippen LogP contribution in [-0.2, 0) is 11.3 Å². The van der Waals surface area contributed by atoms with E-state index in [1.54, 1.807) is 14.0 Å². The third-order valence-electron chi connectivity index (χ3n) is 2.97. The topological polar surface area (TPSA) is 49.8 Å². The zero-order chi connectivity index (χ0) is 13.5. The van der Waals surface area contributed by atoms with E-state index >= 15 is 0 Å². The van der Waals surface area contributed by atoms with Crippen LogP contribution in [-0.4, -0.2) is 36.2 Å². The minimum Gasteiger partial charge on any atom is -0.497 e. The van der Waals surface area contributed by atoms with Crippen LogP contribution in [0.4, 0.5) is 0 Å². The highest BCUT2D eigenvalue weighted by molar-refractivity contribution is 5.69. The van der Waals surface area contributed by atoms with Gasteiger partial charge in [-0.1, -0.05) is 26.0 Å². The number of carbonyl (C=O) groups is 1. The standard InChI is InChI=1S/C14H21NO3/c1-4-15(9-11(2)14(16)17)10-12-5-7-13(18-3)8-6-12/h5-8,11H,4,9-10H2,1-3H3,(H,16,17). The van der Waals surface area contributed by atoms with E-state index in [0.29, 0.717) is 6.54 Å². The van der Waals surface area contributed by atoms with Crippen LogP contribution in [0.25, 0.3) is 0 Å². The van der Waals surface area contributed by atoms with Gasteiger partial charge in [0.15, 0.2) is 0 Å². The van der Waals surface area contributed by atoms with Gasteiger partial charge in [-0.15, -0.1) is 0 Å². The number of carboxylic acids is 1. The lowest BCUT2D eigenvalue weighted by Crippen LogP contribution is -2.31. The lowest BCUT2D eigenvalue weighted by molar-refractivity contribution is -0.141. The van der Waals surface area contributed by atoms with Crippen LogP contribution in [0.5, 0.6) is 5.75 Å². The van der Waals surface area contributed by atoms with E-state index < -0.39 is 5.97 Å². The maximum absolute atomic E-state index is 10.8. The molecule has 0 aliphatic carbocycles. The summed E-state index contributed by atoms with van der Waals surface area (Å²) in [6.45, 7) is 5.94. The Hall–Kier alpha value is -1.55. The Kier molecular flexibility index (Phi) is 5.65. The molecule has 100 valence electrons. The second kappa shape index (κ2) is 7.01. The van der Waals surface area contributed by atoms with E-state index in [-0.39, 0.29) is 5.92 Å². The van der Waals surface area contributed by atoms with Crippen molar-refractivity contribution in [2.24, 2.45) is 5.92 Å². The Morgan fingerprint density at radius 2 is 2.00 bits per heavy atom. The van der Waals surface area contributed by atoms with Crippen molar-refractivity contribution in [2.45, 2.75) is 20.4 Å². The van der Waals surface area contributed by atoms with Gasteiger partial charge in [0, 0.05) is 13.1 Å². The Bertz CT molecular complexity index is 375. The lowest BCUT2D eigenvalue weighted by atomic mass is 10.1. The zero-order valence-electron chi connectivity index (χ0n) is 11.2. The highest BCUT2D eigenvalue weighted by atomic mass is 16.5. The molecular weight excluding hydrogens is 230 g/mol. The average molecular weight is 251 g/mol. The van der Waals surface area contributed by atoms with Crippen LogP contribution in [0.1, 0.15) is 19.4 Å². The second-order valence-corrected chi connectivity index (χ2v) is 4.42. The Balaban J connectivity index is 2.58. The minimum absolute atomic E-state index is 0.344. The molecule has 1 aromatic carbocycles. The molecule has 0 fully saturated rings. The van der Waals surface area contributed by atoms with Crippen LogP contribution in [0, 0.1) is 5.92 Å². The summed E-state index contributed by atoms with van der Waals surface area (Å²) < 4.78 is 5.11. The van der Waals surface area contributed by atoms with Crippen LogP contribution in [0.3, 0.4) is 0 Å². The summed E-state index contributed by atoms with van der Waals surface area (Å²) in [5.41, 5.74) is 1.16. The Labute approximate surface area is 108 Å². The minimum atomic E-state index is -0.747. The van der Waals surface area contributed by atoms with Gasteiger partial charge in [-0.05, 0) is 24.2 Å². The zero-order valence-corrected chi connectivity index (χ0v) is 11.2. The fourth-order valence-electron chi connectivity index (χ4n) is 1.76. The van der Waals surface area contributed by atoms with Crippen LogP contribution in [0.2, 0.25) is 0 Å². The maximum Gasteiger partial charge on any atom is 0.307 e. The first-order chi connectivity index (χ1) is 8.56. The first-order valence-corrected chi connectivity index (χ1v) is 6.15. The molecule has 1 unspecified atom stereocenters. The number of ether oxygens (including phenoxy) is 1. The number of hydrogen-bond donors (Lipinski definition) is 1. The van der Waals surface area contributed by atoms with Crippen LogP contribution >= 0.6 is 0 Å². The molecule has 0 saturated carbocycles. The van der Waals surface area contributed by atoms with Crippen molar-refractivity contribution in [1.29, 1.82) is 0 Å². The molecule has 0 aromatic heterocycles. The summed E-state index contributed by atoms with van der Waals surface area (Å²) in [5.74, 6) is -0.257. The summed E-state index contributed by atoms with van der Waals surface area (Å²) >= 11 is 0. The van der Waals surface area contributed by atoms with Crippen LogP contribution < -0.4 is 4.74 Å². The molecule has 18 heavy (non-hydrogen) atoms. The Morgan fingerprint density at radius 3 is 2.44 bits per heavy atom. The number of hydrogen-bond acceptors (Lipinski definition) is 3. The normalized spacial score (nSPS) is 12.4. The molecule has 1 aromatic rings. The van der Waals surface area contributed by atoms with Gasteiger partial charge in [0.1, 0.15) is 5.75 Å². The van der Waals surface area contributed by atoms with Gasteiger partial charge < -0.3 is 9.84 Å². The van der Waals surface area contributed by atoms with Gasteiger partial charge >= 0.3 is 5.97 Å². The van der Waals surface area contributed by atoms with E-state index in [9.17, 15) is 4.79 Å². The highest BCUT2D eigenvalue weighted by Gasteiger charge is 2.15. The second-order valence-electron chi connectivity index (χ2n) is 4.42. The third kappa shape index (κ3) is 4.37. The number of aliphatic carboxylic acids is 1. The van der Waals surface area contributed by atoms with Crippen molar-refractivity contribution in [3.63, 3.8) is 0 Å². The molecule has 0 aliphatic rings. The van der Waals surface area contributed by atoms with E-state index in [1.165, 1.54) is 0 Å². The lowest BCUT2D eigenvalue weighted by Gasteiger charge is -2.22. The molecule has 4 nitrogen and oxygen atoms in total. The van der Waals surface area contributed by atoms with Gasteiger partial charge in [-0.2, -0.15) is 0 Å². The molecule has 1 N–H and O–H groups in total. The molecule has 0 bridgehead atoms. The van der Waals surface area contributed by atoms with Crippen molar-refractivity contribution >= 4 is 5.97 Å². The van der Waals surface area contributed by atoms with Crippen molar-refractivity contribution < 1.29 is 14.6 Å². The molecule has 0 saturated heterocycles. The van der Waals surface area contributed by atoms with Crippen molar-refractivity contribution in [3.8, 4) is 5.75 Å². The number of carboxylic acid groups (broad SMARTS) is 1. The molecular formula is C14H21NO3. The van der Waals surface area contributed by atoms with Gasteiger partial charge in [0.05, 0.1) is 13.0 Å². The van der Waals surface area contributed by atoms with Gasteiger partial charge in [0.2, 0.25) is 0 Å². The van der Waals surface area contributed by atoms with Crippen molar-refractivity contribution in [3.05, 3.63) is 29.8 Å². The average Bonchev–Trinajstić information content (AvgIpc) is 2.38. The molecule has 0 radical (unpaired) electrons. The fourth-order valence-corrected chi connectivity index (χ4v) is 1.76. The maximum atomic E-state index is 10.8. The summed E-state index contributed by atoms with van der Waals surface area (Å²) in [7, 11) is 1.64. The third-order valence-corrected chi connectivity index (χ3v) is 2.97. The van der Waals surface area contributed by atoms with E-state index in [2.05, 4.69) is 4.90 Å². The van der Waals surface area contributed by atoms with E-state index in [0.717, 1.165) is 24.4 Å². The Morgan fingerprint density at radius 1 is 1.39 bits per heavy atom. The first kappa shape index (κ1) is 14.5. The fraction of sp³-hybridized carbons (Fsp3) is 0.500. The summed E-state index contributed by atoms with van der Waals surface area (Å²) in [6, 6.07) is 7.85. The van der Waals surface area contributed by atoms with Gasteiger partial charge in [-0.3, -0.25) is 9.69 Å². The highest BCUT2D eigenvalue weighted by Crippen LogP contribution is 2.13. The SMILES string of the molecule is CCN(Cc1ccc(OC)cc1)CC(C)C(=O)O. The number of methoxy groups -OCH3 is 1. The quantitative estimate of drug-likeness (QED) is 0.807. The van der Waals surface area contributed by atoms with Crippen molar-refractivity contribution in [2.75, 3.05) is 20.2 Å². The first-order valence-electron chi connectivity index (χ1n) is 6.15. The van der Waals surface area contributed by atoms with Gasteiger partial charge in [-0.25, -0.2) is 0 Å². The molecule has 0 spiro atoms. The van der Waals surface area contributed by atoms with E-state index in [4.69, 9.17) is 9.84 Å². The summed E-state index contributed by atoms with van der Waals surface area (Å²) in [6.07, 6.45) is 0. The van der Waals surface area contributed by atoms with E-state index in [1.807, 2.05) is 31.2 Å².